The molecular weight excluding hydrogens is 258 g/mol. The highest BCUT2D eigenvalue weighted by Gasteiger charge is 2.35. The van der Waals surface area contributed by atoms with E-state index in [0.29, 0.717) is 19.4 Å². The standard InChI is InChI=1S/C15H19NO4/c1-10(2)20-12-5-3-11(4-6-12)9-16-13(15(18)19)7-8-14(16)17/h3-6,10,13H,7-9H2,1-2H3,(H,18,19)/t13-/m1/s1. The number of aliphatic carboxylic acids is 1. The molecule has 0 unspecified atom stereocenters. The van der Waals surface area contributed by atoms with E-state index in [9.17, 15) is 9.59 Å². The van der Waals surface area contributed by atoms with Crippen molar-refractivity contribution in [1.29, 1.82) is 0 Å². The summed E-state index contributed by atoms with van der Waals surface area (Å²) in [7, 11) is 0. The van der Waals surface area contributed by atoms with E-state index in [4.69, 9.17) is 9.84 Å². The van der Waals surface area contributed by atoms with Crippen LogP contribution in [0.4, 0.5) is 0 Å². The lowest BCUT2D eigenvalue weighted by Crippen LogP contribution is -2.37. The van der Waals surface area contributed by atoms with Crippen molar-refractivity contribution in [3.05, 3.63) is 29.8 Å². The smallest absolute Gasteiger partial charge is 0.326 e. The van der Waals surface area contributed by atoms with Crippen molar-refractivity contribution < 1.29 is 19.4 Å². The lowest BCUT2D eigenvalue weighted by Gasteiger charge is -2.21. The van der Waals surface area contributed by atoms with Crippen LogP contribution in [0.1, 0.15) is 32.3 Å². The summed E-state index contributed by atoms with van der Waals surface area (Å²) in [5.41, 5.74) is 0.905. The Balaban J connectivity index is 2.05. The number of carbonyl (C=O) groups excluding carboxylic acids is 1. The number of carboxylic acid groups (broad SMARTS) is 1. The van der Waals surface area contributed by atoms with Crippen LogP contribution in [-0.2, 0) is 16.1 Å². The van der Waals surface area contributed by atoms with E-state index in [0.717, 1.165) is 11.3 Å². The first-order valence-corrected chi connectivity index (χ1v) is 6.75. The number of ether oxygens (including phenoxy) is 1. The quantitative estimate of drug-likeness (QED) is 0.894. The molecule has 2 rings (SSSR count). The lowest BCUT2D eigenvalue weighted by atomic mass is 10.2. The minimum absolute atomic E-state index is 0.0973. The van der Waals surface area contributed by atoms with Crippen LogP contribution in [0.25, 0.3) is 0 Å². The average Bonchev–Trinajstić information content (AvgIpc) is 2.73. The summed E-state index contributed by atoms with van der Waals surface area (Å²) in [5.74, 6) is -0.262. The fraction of sp³-hybridized carbons (Fsp3) is 0.467. The number of nitrogens with zero attached hydrogens (tertiary/aromatic N) is 1. The molecule has 0 aliphatic carbocycles. The molecule has 5 nitrogen and oxygen atoms in total. The number of likely N-dealkylation sites (tertiary alicyclic amines) is 1. The Labute approximate surface area is 118 Å². The highest BCUT2D eigenvalue weighted by Crippen LogP contribution is 2.22. The maximum Gasteiger partial charge on any atom is 0.326 e. The summed E-state index contributed by atoms with van der Waals surface area (Å²) >= 11 is 0. The van der Waals surface area contributed by atoms with Crippen LogP contribution in [0.5, 0.6) is 5.75 Å². The van der Waals surface area contributed by atoms with Crippen molar-refractivity contribution in [2.24, 2.45) is 0 Å². The van der Waals surface area contributed by atoms with E-state index in [2.05, 4.69) is 0 Å². The van der Waals surface area contributed by atoms with E-state index in [-0.39, 0.29) is 12.0 Å². The normalized spacial score (nSPS) is 18.6. The van der Waals surface area contributed by atoms with E-state index >= 15 is 0 Å². The summed E-state index contributed by atoms with van der Waals surface area (Å²) < 4.78 is 5.54. The van der Waals surface area contributed by atoms with Gasteiger partial charge in [-0.1, -0.05) is 12.1 Å². The van der Waals surface area contributed by atoms with E-state index in [1.165, 1.54) is 4.90 Å². The maximum atomic E-state index is 11.7. The molecule has 0 spiro atoms. The van der Waals surface area contributed by atoms with Crippen LogP contribution in [0.15, 0.2) is 24.3 Å². The Kier molecular flexibility index (Phi) is 4.27. The SMILES string of the molecule is CC(C)Oc1ccc(CN2C(=O)CC[C@@H]2C(=O)O)cc1. The summed E-state index contributed by atoms with van der Waals surface area (Å²) in [4.78, 5) is 24.3. The van der Waals surface area contributed by atoms with Crippen molar-refractivity contribution in [2.45, 2.75) is 45.4 Å². The monoisotopic (exact) mass is 277 g/mol. The number of carboxylic acids is 1. The van der Waals surface area contributed by atoms with Gasteiger partial charge in [0.15, 0.2) is 0 Å². The van der Waals surface area contributed by atoms with Gasteiger partial charge in [-0.25, -0.2) is 4.79 Å². The van der Waals surface area contributed by atoms with Gasteiger partial charge < -0.3 is 14.7 Å². The molecule has 0 aromatic heterocycles. The van der Waals surface area contributed by atoms with Gasteiger partial charge in [-0.3, -0.25) is 4.79 Å². The highest BCUT2D eigenvalue weighted by atomic mass is 16.5. The molecular formula is C15H19NO4. The zero-order valence-corrected chi connectivity index (χ0v) is 11.7. The molecule has 0 radical (unpaired) electrons. The van der Waals surface area contributed by atoms with E-state index in [1.807, 2.05) is 38.1 Å². The third kappa shape index (κ3) is 3.29. The number of rotatable bonds is 5. The molecule has 1 N–H and O–H groups in total. The van der Waals surface area contributed by atoms with Gasteiger partial charge in [0.2, 0.25) is 5.91 Å². The molecule has 108 valence electrons. The summed E-state index contributed by atoms with van der Waals surface area (Å²) in [5, 5.41) is 9.11. The molecule has 1 aromatic rings. The largest absolute Gasteiger partial charge is 0.491 e. The number of carbonyl (C=O) groups is 2. The zero-order chi connectivity index (χ0) is 14.7. The second-order valence-corrected chi connectivity index (χ2v) is 5.22. The molecule has 0 saturated carbocycles. The van der Waals surface area contributed by atoms with Crippen LogP contribution in [-0.4, -0.2) is 34.0 Å². The van der Waals surface area contributed by atoms with Crippen LogP contribution in [0, 0.1) is 0 Å². The Hall–Kier alpha value is -2.04. The zero-order valence-electron chi connectivity index (χ0n) is 11.7. The van der Waals surface area contributed by atoms with Crippen molar-refractivity contribution >= 4 is 11.9 Å². The molecule has 1 heterocycles. The van der Waals surface area contributed by atoms with E-state index in [1.54, 1.807) is 0 Å². The second-order valence-electron chi connectivity index (χ2n) is 5.22. The van der Waals surface area contributed by atoms with Crippen LogP contribution < -0.4 is 4.74 Å². The van der Waals surface area contributed by atoms with Crippen LogP contribution in [0.2, 0.25) is 0 Å². The van der Waals surface area contributed by atoms with Gasteiger partial charge in [-0.15, -0.1) is 0 Å². The summed E-state index contributed by atoms with van der Waals surface area (Å²) in [6.45, 7) is 4.24. The third-order valence-electron chi connectivity index (χ3n) is 3.26. The Morgan fingerprint density at radius 1 is 1.40 bits per heavy atom. The number of benzene rings is 1. The van der Waals surface area contributed by atoms with Gasteiger partial charge in [0, 0.05) is 13.0 Å². The number of hydrogen-bond acceptors (Lipinski definition) is 3. The minimum atomic E-state index is -0.935. The topological polar surface area (TPSA) is 66.8 Å². The van der Waals surface area contributed by atoms with Crippen molar-refractivity contribution in [1.82, 2.24) is 4.90 Å². The summed E-state index contributed by atoms with van der Waals surface area (Å²) in [6.07, 6.45) is 0.811. The Morgan fingerprint density at radius 3 is 2.60 bits per heavy atom. The van der Waals surface area contributed by atoms with Crippen LogP contribution in [0.3, 0.4) is 0 Å². The fourth-order valence-electron chi connectivity index (χ4n) is 2.33. The van der Waals surface area contributed by atoms with Crippen molar-refractivity contribution in [3.63, 3.8) is 0 Å². The molecule has 1 aliphatic rings. The average molecular weight is 277 g/mol. The first-order chi connectivity index (χ1) is 9.47. The van der Waals surface area contributed by atoms with Gasteiger partial charge in [0.25, 0.3) is 0 Å². The predicted molar refractivity (Wildman–Crippen MR) is 73.4 cm³/mol. The predicted octanol–water partition coefficient (Wildman–Crippen LogP) is 2.05. The third-order valence-corrected chi connectivity index (χ3v) is 3.26. The van der Waals surface area contributed by atoms with Crippen molar-refractivity contribution in [2.75, 3.05) is 0 Å². The molecule has 20 heavy (non-hydrogen) atoms. The first kappa shape index (κ1) is 14.4. The number of amides is 1. The molecule has 1 atom stereocenters. The Bertz CT molecular complexity index is 495. The van der Waals surface area contributed by atoms with Gasteiger partial charge in [0.1, 0.15) is 11.8 Å². The maximum absolute atomic E-state index is 11.7. The molecule has 1 aliphatic heterocycles. The summed E-state index contributed by atoms with van der Waals surface area (Å²) in [6, 6.07) is 6.70. The molecule has 1 fully saturated rings. The number of hydrogen-bond donors (Lipinski definition) is 1. The van der Waals surface area contributed by atoms with Gasteiger partial charge >= 0.3 is 5.97 Å². The second kappa shape index (κ2) is 5.94. The lowest BCUT2D eigenvalue weighted by molar-refractivity contribution is -0.146. The molecule has 5 heteroatoms. The highest BCUT2D eigenvalue weighted by molar-refractivity contribution is 5.87. The van der Waals surface area contributed by atoms with Gasteiger partial charge in [-0.05, 0) is 38.0 Å². The van der Waals surface area contributed by atoms with Crippen molar-refractivity contribution in [3.8, 4) is 5.75 Å². The molecule has 1 amide bonds. The molecule has 1 aromatic carbocycles. The van der Waals surface area contributed by atoms with Gasteiger partial charge in [0.05, 0.1) is 6.10 Å². The van der Waals surface area contributed by atoms with E-state index < -0.39 is 12.0 Å². The first-order valence-electron chi connectivity index (χ1n) is 6.75. The molecule has 1 saturated heterocycles. The Morgan fingerprint density at radius 2 is 2.05 bits per heavy atom. The fourth-order valence-corrected chi connectivity index (χ4v) is 2.33. The van der Waals surface area contributed by atoms with Crippen LogP contribution >= 0.6 is 0 Å². The minimum Gasteiger partial charge on any atom is -0.491 e. The van der Waals surface area contributed by atoms with Gasteiger partial charge in [-0.2, -0.15) is 0 Å². The molecule has 0 bridgehead atoms.